The molecule has 2 heterocycles. The third-order valence-corrected chi connectivity index (χ3v) is 5.78. The topological polar surface area (TPSA) is 125 Å². The van der Waals surface area contributed by atoms with Crippen molar-refractivity contribution in [2.75, 3.05) is 32.7 Å². The van der Waals surface area contributed by atoms with E-state index in [1.807, 2.05) is 0 Å². The molecular weight excluding hydrogens is 440 g/mol. The lowest BCUT2D eigenvalue weighted by Gasteiger charge is -2.32. The Kier molecular flexibility index (Phi) is 7.90. The predicted molar refractivity (Wildman–Crippen MR) is 123 cm³/mol. The highest BCUT2D eigenvalue weighted by molar-refractivity contribution is 6.21. The van der Waals surface area contributed by atoms with Crippen LogP contribution in [0.5, 0.6) is 0 Å². The van der Waals surface area contributed by atoms with Gasteiger partial charge in [-0.25, -0.2) is 4.79 Å². The Hall–Kier alpha value is -3.43. The molecule has 1 aromatic rings. The maximum Gasteiger partial charge on any atom is 0.408 e. The standard InChI is InChI=1S/C24H32N4O6/c1-24(2,3)34-23(33)26-15-20(30)27-11-8-16(9-12-27)14-25-19(29)10-13-28-21(31)17-6-4-5-7-18(17)22(28)32/h4-7,16H,8-15H2,1-3H3,(H,25,29)(H,26,33). The lowest BCUT2D eigenvalue weighted by molar-refractivity contribution is -0.131. The minimum absolute atomic E-state index is 0.0375. The van der Waals surface area contributed by atoms with Crippen molar-refractivity contribution >= 4 is 29.7 Å². The van der Waals surface area contributed by atoms with Crippen molar-refractivity contribution in [1.29, 1.82) is 0 Å². The van der Waals surface area contributed by atoms with E-state index in [1.165, 1.54) is 0 Å². The van der Waals surface area contributed by atoms with E-state index in [1.54, 1.807) is 49.9 Å². The molecule has 0 saturated carbocycles. The molecule has 10 heteroatoms. The number of rotatable bonds is 7. The SMILES string of the molecule is CC(C)(C)OC(=O)NCC(=O)N1CCC(CNC(=O)CCN2C(=O)c3ccccc3C2=O)CC1. The van der Waals surface area contributed by atoms with Crippen LogP contribution in [0.15, 0.2) is 24.3 Å². The Balaban J connectivity index is 1.33. The van der Waals surface area contributed by atoms with Gasteiger partial charge in [0, 0.05) is 32.6 Å². The number of nitrogens with zero attached hydrogens (tertiary/aromatic N) is 2. The van der Waals surface area contributed by atoms with Crippen molar-refractivity contribution in [2.45, 2.75) is 45.6 Å². The predicted octanol–water partition coefficient (Wildman–Crippen LogP) is 1.55. The Morgan fingerprint density at radius 1 is 1.00 bits per heavy atom. The number of imide groups is 1. The minimum atomic E-state index is -0.625. The number of ether oxygens (including phenoxy) is 1. The summed E-state index contributed by atoms with van der Waals surface area (Å²) in [5, 5.41) is 5.34. The number of alkyl carbamates (subject to hydrolysis) is 1. The molecule has 0 spiro atoms. The zero-order valence-corrected chi connectivity index (χ0v) is 19.9. The highest BCUT2D eigenvalue weighted by Crippen LogP contribution is 2.22. The molecule has 10 nitrogen and oxygen atoms in total. The van der Waals surface area contributed by atoms with Crippen LogP contribution in [0.2, 0.25) is 0 Å². The van der Waals surface area contributed by atoms with E-state index in [2.05, 4.69) is 10.6 Å². The van der Waals surface area contributed by atoms with Gasteiger partial charge in [0.25, 0.3) is 11.8 Å². The highest BCUT2D eigenvalue weighted by atomic mass is 16.6. The number of amides is 5. The number of carbonyl (C=O) groups is 5. The number of benzene rings is 1. The van der Waals surface area contributed by atoms with E-state index < -0.39 is 11.7 Å². The van der Waals surface area contributed by atoms with Crippen LogP contribution < -0.4 is 10.6 Å². The van der Waals surface area contributed by atoms with Crippen LogP contribution in [0.4, 0.5) is 4.79 Å². The molecule has 0 radical (unpaired) electrons. The summed E-state index contributed by atoms with van der Waals surface area (Å²) in [7, 11) is 0. The molecule has 0 unspecified atom stereocenters. The van der Waals surface area contributed by atoms with Crippen molar-refractivity contribution < 1.29 is 28.7 Å². The molecule has 2 aliphatic rings. The van der Waals surface area contributed by atoms with Crippen molar-refractivity contribution in [2.24, 2.45) is 5.92 Å². The van der Waals surface area contributed by atoms with Gasteiger partial charge in [-0.05, 0) is 51.7 Å². The molecule has 3 rings (SSSR count). The lowest BCUT2D eigenvalue weighted by atomic mass is 9.96. The van der Waals surface area contributed by atoms with E-state index in [9.17, 15) is 24.0 Å². The second kappa shape index (κ2) is 10.7. The zero-order chi connectivity index (χ0) is 24.9. The normalized spacial score (nSPS) is 16.3. The molecule has 0 aliphatic carbocycles. The van der Waals surface area contributed by atoms with E-state index in [-0.39, 0.29) is 49.1 Å². The lowest BCUT2D eigenvalue weighted by Crippen LogP contribution is -2.46. The summed E-state index contributed by atoms with van der Waals surface area (Å²) in [5.74, 6) is -0.907. The van der Waals surface area contributed by atoms with Crippen LogP contribution in [0.3, 0.4) is 0 Å². The third-order valence-electron chi connectivity index (χ3n) is 5.78. The quantitative estimate of drug-likeness (QED) is 0.580. The number of hydrogen-bond donors (Lipinski definition) is 2. The van der Waals surface area contributed by atoms with E-state index in [0.717, 1.165) is 17.7 Å². The Morgan fingerprint density at radius 2 is 1.59 bits per heavy atom. The fourth-order valence-corrected chi connectivity index (χ4v) is 3.96. The number of nitrogens with one attached hydrogen (secondary N) is 2. The number of piperidine rings is 1. The highest BCUT2D eigenvalue weighted by Gasteiger charge is 2.35. The second-order valence-corrected chi connectivity index (χ2v) is 9.54. The average Bonchev–Trinajstić information content (AvgIpc) is 3.03. The number of fused-ring (bicyclic) bond motifs is 1. The molecule has 0 aromatic heterocycles. The number of carbonyl (C=O) groups excluding carboxylic acids is 5. The Bertz CT molecular complexity index is 927. The van der Waals surface area contributed by atoms with Crippen LogP contribution in [-0.2, 0) is 14.3 Å². The summed E-state index contributed by atoms with van der Waals surface area (Å²) >= 11 is 0. The van der Waals surface area contributed by atoms with Crippen LogP contribution >= 0.6 is 0 Å². The van der Waals surface area contributed by atoms with Gasteiger partial charge in [0.05, 0.1) is 11.1 Å². The first kappa shape index (κ1) is 25.2. The molecule has 1 fully saturated rings. The smallest absolute Gasteiger partial charge is 0.408 e. The Morgan fingerprint density at radius 3 is 2.15 bits per heavy atom. The summed E-state index contributed by atoms with van der Waals surface area (Å²) in [6.07, 6.45) is 0.881. The largest absolute Gasteiger partial charge is 0.444 e. The first-order valence-electron chi connectivity index (χ1n) is 11.5. The molecule has 1 saturated heterocycles. The van der Waals surface area contributed by atoms with Crippen molar-refractivity contribution in [3.63, 3.8) is 0 Å². The molecule has 1 aromatic carbocycles. The zero-order valence-electron chi connectivity index (χ0n) is 19.9. The van der Waals surface area contributed by atoms with E-state index in [4.69, 9.17) is 4.74 Å². The van der Waals surface area contributed by atoms with Crippen molar-refractivity contribution in [3.8, 4) is 0 Å². The van der Waals surface area contributed by atoms with Gasteiger partial charge < -0.3 is 20.3 Å². The second-order valence-electron chi connectivity index (χ2n) is 9.54. The third kappa shape index (κ3) is 6.55. The first-order chi connectivity index (χ1) is 16.0. The minimum Gasteiger partial charge on any atom is -0.444 e. The van der Waals surface area contributed by atoms with Crippen LogP contribution in [0, 0.1) is 5.92 Å². The van der Waals surface area contributed by atoms with Gasteiger partial charge in [0.2, 0.25) is 11.8 Å². The van der Waals surface area contributed by atoms with Crippen LogP contribution in [0.1, 0.15) is 60.7 Å². The van der Waals surface area contributed by atoms with E-state index in [0.29, 0.717) is 30.8 Å². The fourth-order valence-electron chi connectivity index (χ4n) is 3.96. The summed E-state index contributed by atoms with van der Waals surface area (Å²) in [4.78, 5) is 63.8. The van der Waals surface area contributed by atoms with Gasteiger partial charge in [-0.2, -0.15) is 0 Å². The number of hydrogen-bond acceptors (Lipinski definition) is 6. The summed E-state index contributed by atoms with van der Waals surface area (Å²) < 4.78 is 5.13. The van der Waals surface area contributed by atoms with Gasteiger partial charge in [-0.3, -0.25) is 24.1 Å². The average molecular weight is 473 g/mol. The van der Waals surface area contributed by atoms with Gasteiger partial charge in [-0.15, -0.1) is 0 Å². The summed E-state index contributed by atoms with van der Waals surface area (Å²) in [6, 6.07) is 6.63. The molecular formula is C24H32N4O6. The molecule has 0 bridgehead atoms. The van der Waals surface area contributed by atoms with Gasteiger partial charge >= 0.3 is 6.09 Å². The maximum atomic E-state index is 12.4. The van der Waals surface area contributed by atoms with Crippen LogP contribution in [-0.4, -0.2) is 77.8 Å². The van der Waals surface area contributed by atoms with Gasteiger partial charge in [0.1, 0.15) is 12.1 Å². The van der Waals surface area contributed by atoms with Crippen molar-refractivity contribution in [3.05, 3.63) is 35.4 Å². The molecule has 2 N–H and O–H groups in total. The monoisotopic (exact) mass is 472 g/mol. The van der Waals surface area contributed by atoms with Gasteiger partial charge in [0.15, 0.2) is 0 Å². The van der Waals surface area contributed by atoms with E-state index >= 15 is 0 Å². The van der Waals surface area contributed by atoms with Crippen molar-refractivity contribution in [1.82, 2.24) is 20.4 Å². The Labute approximate surface area is 199 Å². The molecule has 184 valence electrons. The van der Waals surface area contributed by atoms with Gasteiger partial charge in [-0.1, -0.05) is 12.1 Å². The first-order valence-corrected chi connectivity index (χ1v) is 11.5. The molecule has 0 atom stereocenters. The van der Waals surface area contributed by atoms with Crippen LogP contribution in [0.25, 0.3) is 0 Å². The molecule has 5 amide bonds. The summed E-state index contributed by atoms with van der Waals surface area (Å²) in [6.45, 7) is 6.74. The summed E-state index contributed by atoms with van der Waals surface area (Å²) in [5.41, 5.74) is 0.117. The molecule has 34 heavy (non-hydrogen) atoms. The molecule has 2 aliphatic heterocycles. The maximum absolute atomic E-state index is 12.4. The number of likely N-dealkylation sites (tertiary alicyclic amines) is 1. The fraction of sp³-hybridized carbons (Fsp3) is 0.542.